The Balaban J connectivity index is 1.57. The van der Waals surface area contributed by atoms with E-state index in [1.807, 2.05) is 61.1 Å². The number of para-hydroxylation sites is 1. The van der Waals surface area contributed by atoms with Gasteiger partial charge in [-0.15, -0.1) is 0 Å². The van der Waals surface area contributed by atoms with Gasteiger partial charge in [0.15, 0.2) is 0 Å². The maximum absolute atomic E-state index is 12.2. The Kier molecular flexibility index (Phi) is 4.74. The second-order valence-electron chi connectivity index (χ2n) is 5.93. The standard InChI is InChI=1S/C18H21N5O/c1-14(2)23-17(10-11-19-23)21-18(24)9-8-15-12-20-22(13-15)16-6-4-3-5-7-16/h3-7,10-14H,8-9H2,1-2H3,(H,21,24). The summed E-state index contributed by atoms with van der Waals surface area (Å²) in [6.45, 7) is 4.06. The van der Waals surface area contributed by atoms with Crippen LogP contribution in [0.5, 0.6) is 0 Å². The molecule has 124 valence electrons. The topological polar surface area (TPSA) is 64.7 Å². The molecule has 0 aliphatic heterocycles. The normalized spacial score (nSPS) is 11.0. The maximum Gasteiger partial charge on any atom is 0.225 e. The van der Waals surface area contributed by atoms with Crippen molar-refractivity contribution in [2.75, 3.05) is 5.32 Å². The van der Waals surface area contributed by atoms with Crippen LogP contribution < -0.4 is 5.32 Å². The Labute approximate surface area is 141 Å². The summed E-state index contributed by atoms with van der Waals surface area (Å²) in [5.41, 5.74) is 2.04. The molecule has 0 fully saturated rings. The molecule has 1 N–H and O–H groups in total. The highest BCUT2D eigenvalue weighted by molar-refractivity contribution is 5.89. The monoisotopic (exact) mass is 323 g/mol. The van der Waals surface area contributed by atoms with E-state index in [9.17, 15) is 4.79 Å². The smallest absolute Gasteiger partial charge is 0.225 e. The van der Waals surface area contributed by atoms with Crippen LogP contribution in [0.15, 0.2) is 55.0 Å². The lowest BCUT2D eigenvalue weighted by molar-refractivity contribution is -0.116. The minimum Gasteiger partial charge on any atom is -0.311 e. The first kappa shape index (κ1) is 16.0. The lowest BCUT2D eigenvalue weighted by atomic mass is 10.2. The zero-order valence-electron chi connectivity index (χ0n) is 13.9. The van der Waals surface area contributed by atoms with Gasteiger partial charge in [-0.25, -0.2) is 9.36 Å². The van der Waals surface area contributed by atoms with Gasteiger partial charge in [0.05, 0.1) is 18.1 Å². The third-order valence-corrected chi connectivity index (χ3v) is 3.72. The minimum atomic E-state index is -0.0233. The van der Waals surface area contributed by atoms with Crippen molar-refractivity contribution in [3.63, 3.8) is 0 Å². The molecule has 1 amide bonds. The molecule has 2 heterocycles. The number of aromatic nitrogens is 4. The largest absolute Gasteiger partial charge is 0.311 e. The molecule has 6 heteroatoms. The van der Waals surface area contributed by atoms with Crippen molar-refractivity contribution in [2.24, 2.45) is 0 Å². The molecule has 3 aromatic rings. The molecule has 24 heavy (non-hydrogen) atoms. The van der Waals surface area contributed by atoms with Crippen LogP contribution in [0.4, 0.5) is 5.82 Å². The van der Waals surface area contributed by atoms with Crippen molar-refractivity contribution in [3.05, 3.63) is 60.6 Å². The molecular formula is C18H21N5O. The number of carbonyl (C=O) groups is 1. The van der Waals surface area contributed by atoms with Gasteiger partial charge in [0.2, 0.25) is 5.91 Å². The van der Waals surface area contributed by atoms with Crippen molar-refractivity contribution in [1.29, 1.82) is 0 Å². The first-order chi connectivity index (χ1) is 11.6. The van der Waals surface area contributed by atoms with Gasteiger partial charge in [0, 0.05) is 24.7 Å². The fraction of sp³-hybridized carbons (Fsp3) is 0.278. The second kappa shape index (κ2) is 7.12. The van der Waals surface area contributed by atoms with Gasteiger partial charge < -0.3 is 5.32 Å². The molecule has 0 atom stereocenters. The van der Waals surface area contributed by atoms with Gasteiger partial charge in [0.1, 0.15) is 5.82 Å². The number of amides is 1. The highest BCUT2D eigenvalue weighted by Gasteiger charge is 2.10. The van der Waals surface area contributed by atoms with Crippen molar-refractivity contribution in [3.8, 4) is 5.69 Å². The quantitative estimate of drug-likeness (QED) is 0.757. The summed E-state index contributed by atoms with van der Waals surface area (Å²) in [5.74, 6) is 0.708. The Morgan fingerprint density at radius 3 is 2.71 bits per heavy atom. The number of hydrogen-bond donors (Lipinski definition) is 1. The fourth-order valence-electron chi connectivity index (χ4n) is 2.50. The number of benzene rings is 1. The minimum absolute atomic E-state index is 0.0233. The SMILES string of the molecule is CC(C)n1nccc1NC(=O)CCc1cnn(-c2ccccc2)c1. The molecule has 6 nitrogen and oxygen atoms in total. The average Bonchev–Trinajstić information content (AvgIpc) is 3.23. The van der Waals surface area contributed by atoms with Crippen LogP contribution in [-0.4, -0.2) is 25.5 Å². The van der Waals surface area contributed by atoms with Crippen molar-refractivity contribution in [1.82, 2.24) is 19.6 Å². The Morgan fingerprint density at radius 2 is 1.96 bits per heavy atom. The summed E-state index contributed by atoms with van der Waals surface area (Å²) in [6, 6.07) is 11.9. The van der Waals surface area contributed by atoms with Crippen LogP contribution in [-0.2, 0) is 11.2 Å². The zero-order valence-corrected chi connectivity index (χ0v) is 13.9. The first-order valence-corrected chi connectivity index (χ1v) is 8.06. The molecule has 0 radical (unpaired) electrons. The molecule has 0 unspecified atom stereocenters. The van der Waals surface area contributed by atoms with Gasteiger partial charge in [-0.1, -0.05) is 18.2 Å². The van der Waals surface area contributed by atoms with E-state index in [1.165, 1.54) is 0 Å². The lowest BCUT2D eigenvalue weighted by Crippen LogP contribution is -2.16. The molecule has 0 aliphatic rings. The lowest BCUT2D eigenvalue weighted by Gasteiger charge is -2.11. The highest BCUT2D eigenvalue weighted by Crippen LogP contribution is 2.14. The van der Waals surface area contributed by atoms with Crippen LogP contribution in [0.1, 0.15) is 31.9 Å². The van der Waals surface area contributed by atoms with Crippen molar-refractivity contribution >= 4 is 11.7 Å². The van der Waals surface area contributed by atoms with E-state index in [4.69, 9.17) is 0 Å². The third kappa shape index (κ3) is 3.71. The maximum atomic E-state index is 12.2. The summed E-state index contributed by atoms with van der Waals surface area (Å²) in [5, 5.41) is 11.5. The van der Waals surface area contributed by atoms with E-state index in [-0.39, 0.29) is 11.9 Å². The summed E-state index contributed by atoms with van der Waals surface area (Å²) in [7, 11) is 0. The number of carbonyl (C=O) groups excluding carboxylic acids is 1. The Morgan fingerprint density at radius 1 is 1.17 bits per heavy atom. The molecule has 1 aromatic carbocycles. The number of nitrogens with one attached hydrogen (secondary N) is 1. The average molecular weight is 323 g/mol. The molecule has 0 bridgehead atoms. The van der Waals surface area contributed by atoms with E-state index in [2.05, 4.69) is 15.5 Å². The Hall–Kier alpha value is -2.89. The van der Waals surface area contributed by atoms with Gasteiger partial charge in [-0.05, 0) is 38.0 Å². The number of hydrogen-bond acceptors (Lipinski definition) is 3. The van der Waals surface area contributed by atoms with Gasteiger partial charge in [-0.2, -0.15) is 10.2 Å². The predicted octanol–water partition coefficient (Wildman–Crippen LogP) is 3.22. The summed E-state index contributed by atoms with van der Waals surface area (Å²) >= 11 is 0. The molecule has 0 aliphatic carbocycles. The Bertz CT molecular complexity index is 804. The van der Waals surface area contributed by atoms with Crippen LogP contribution in [0.2, 0.25) is 0 Å². The van der Waals surface area contributed by atoms with E-state index < -0.39 is 0 Å². The third-order valence-electron chi connectivity index (χ3n) is 3.72. The van der Waals surface area contributed by atoms with E-state index in [0.717, 1.165) is 17.1 Å². The van der Waals surface area contributed by atoms with E-state index in [1.54, 1.807) is 17.1 Å². The van der Waals surface area contributed by atoms with Gasteiger partial charge >= 0.3 is 0 Å². The van der Waals surface area contributed by atoms with Crippen LogP contribution in [0.3, 0.4) is 0 Å². The van der Waals surface area contributed by atoms with Crippen molar-refractivity contribution < 1.29 is 4.79 Å². The van der Waals surface area contributed by atoms with Gasteiger partial charge in [0.25, 0.3) is 0 Å². The zero-order chi connectivity index (χ0) is 16.9. The molecule has 0 spiro atoms. The van der Waals surface area contributed by atoms with Crippen LogP contribution in [0, 0.1) is 0 Å². The molecule has 2 aromatic heterocycles. The number of rotatable bonds is 6. The molecular weight excluding hydrogens is 302 g/mol. The highest BCUT2D eigenvalue weighted by atomic mass is 16.1. The van der Waals surface area contributed by atoms with Gasteiger partial charge in [-0.3, -0.25) is 4.79 Å². The number of nitrogens with zero attached hydrogens (tertiary/aromatic N) is 4. The number of anilines is 1. The van der Waals surface area contributed by atoms with Crippen LogP contribution in [0.25, 0.3) is 5.69 Å². The number of aryl methyl sites for hydroxylation is 1. The van der Waals surface area contributed by atoms with Crippen molar-refractivity contribution in [2.45, 2.75) is 32.7 Å². The summed E-state index contributed by atoms with van der Waals surface area (Å²) in [4.78, 5) is 12.2. The molecule has 0 saturated heterocycles. The van der Waals surface area contributed by atoms with E-state index >= 15 is 0 Å². The predicted molar refractivity (Wildman–Crippen MR) is 93.1 cm³/mol. The molecule has 3 rings (SSSR count). The molecule has 0 saturated carbocycles. The first-order valence-electron chi connectivity index (χ1n) is 8.06. The van der Waals surface area contributed by atoms with Crippen LogP contribution >= 0.6 is 0 Å². The second-order valence-corrected chi connectivity index (χ2v) is 5.93. The summed E-state index contributed by atoms with van der Waals surface area (Å²) < 4.78 is 3.62. The van der Waals surface area contributed by atoms with E-state index in [0.29, 0.717) is 12.8 Å². The fourth-order valence-corrected chi connectivity index (χ4v) is 2.50. The summed E-state index contributed by atoms with van der Waals surface area (Å²) in [6.07, 6.45) is 6.51.